The zero-order valence-electron chi connectivity index (χ0n) is 12.2. The molecule has 0 bridgehead atoms. The van der Waals surface area contributed by atoms with Gasteiger partial charge in [0, 0.05) is 0 Å². The van der Waals surface area contributed by atoms with Crippen molar-refractivity contribution in [2.45, 2.75) is 45.7 Å². The van der Waals surface area contributed by atoms with Crippen molar-refractivity contribution >= 4 is 5.91 Å². The summed E-state index contributed by atoms with van der Waals surface area (Å²) >= 11 is 0. The molecule has 4 nitrogen and oxygen atoms in total. The summed E-state index contributed by atoms with van der Waals surface area (Å²) in [5, 5.41) is 2.93. The second kappa shape index (κ2) is 6.57. The average Bonchev–Trinajstić information content (AvgIpc) is 2.39. The third kappa shape index (κ3) is 4.24. The highest BCUT2D eigenvalue weighted by molar-refractivity contribution is 5.85. The quantitative estimate of drug-likeness (QED) is 0.829. The van der Waals surface area contributed by atoms with Crippen LogP contribution in [-0.4, -0.2) is 18.1 Å². The first-order valence-corrected chi connectivity index (χ1v) is 6.73. The molecule has 1 aromatic rings. The minimum Gasteiger partial charge on any atom is -0.494 e. The Kier molecular flexibility index (Phi) is 5.36. The Morgan fingerprint density at radius 2 is 1.95 bits per heavy atom. The van der Waals surface area contributed by atoms with E-state index in [9.17, 15) is 4.79 Å². The van der Waals surface area contributed by atoms with Gasteiger partial charge >= 0.3 is 0 Å². The number of carbonyl (C=O) groups is 1. The monoisotopic (exact) mass is 264 g/mol. The fourth-order valence-corrected chi connectivity index (χ4v) is 1.62. The molecule has 0 saturated heterocycles. The third-order valence-corrected chi connectivity index (χ3v) is 3.29. The molecule has 0 saturated carbocycles. The Morgan fingerprint density at radius 1 is 1.37 bits per heavy atom. The van der Waals surface area contributed by atoms with E-state index in [0.717, 1.165) is 11.3 Å². The molecule has 3 N–H and O–H groups in total. The number of nitrogens with one attached hydrogen (secondary N) is 1. The number of ether oxygens (including phenoxy) is 1. The zero-order valence-corrected chi connectivity index (χ0v) is 12.2. The maximum Gasteiger partial charge on any atom is 0.240 e. The van der Waals surface area contributed by atoms with Crippen LogP contribution in [0.15, 0.2) is 24.3 Å². The average molecular weight is 264 g/mol. The van der Waals surface area contributed by atoms with Crippen molar-refractivity contribution in [1.82, 2.24) is 5.32 Å². The normalized spacial score (nSPS) is 15.4. The maximum absolute atomic E-state index is 12.0. The van der Waals surface area contributed by atoms with E-state index in [0.29, 0.717) is 13.0 Å². The van der Waals surface area contributed by atoms with Crippen LogP contribution in [0.3, 0.4) is 0 Å². The fourth-order valence-electron chi connectivity index (χ4n) is 1.62. The first-order valence-electron chi connectivity index (χ1n) is 6.73. The van der Waals surface area contributed by atoms with Gasteiger partial charge in [-0.2, -0.15) is 0 Å². The molecule has 1 amide bonds. The highest BCUT2D eigenvalue weighted by Crippen LogP contribution is 2.18. The molecular weight excluding hydrogens is 240 g/mol. The summed E-state index contributed by atoms with van der Waals surface area (Å²) in [5.74, 6) is 0.707. The van der Waals surface area contributed by atoms with Crippen molar-refractivity contribution in [2.75, 3.05) is 6.61 Å². The number of rotatable bonds is 6. The number of amides is 1. The van der Waals surface area contributed by atoms with Crippen molar-refractivity contribution in [3.63, 3.8) is 0 Å². The van der Waals surface area contributed by atoms with Crippen LogP contribution < -0.4 is 15.8 Å². The molecule has 2 atom stereocenters. The first-order chi connectivity index (χ1) is 8.90. The molecule has 0 aromatic heterocycles. The lowest BCUT2D eigenvalue weighted by atomic mass is 9.98. The van der Waals surface area contributed by atoms with E-state index in [1.54, 1.807) is 6.92 Å². The molecule has 19 heavy (non-hydrogen) atoms. The van der Waals surface area contributed by atoms with Crippen molar-refractivity contribution in [3.8, 4) is 5.75 Å². The molecule has 0 aliphatic rings. The summed E-state index contributed by atoms with van der Waals surface area (Å²) in [4.78, 5) is 12.0. The smallest absolute Gasteiger partial charge is 0.240 e. The molecule has 2 unspecified atom stereocenters. The summed E-state index contributed by atoms with van der Waals surface area (Å²) < 4.78 is 5.39. The highest BCUT2D eigenvalue weighted by atomic mass is 16.5. The van der Waals surface area contributed by atoms with Crippen molar-refractivity contribution < 1.29 is 9.53 Å². The van der Waals surface area contributed by atoms with Crippen LogP contribution in [0.2, 0.25) is 0 Å². The van der Waals surface area contributed by atoms with Gasteiger partial charge in [-0.05, 0) is 44.9 Å². The van der Waals surface area contributed by atoms with Crippen LogP contribution in [-0.2, 0) is 4.79 Å². The predicted molar refractivity (Wildman–Crippen MR) is 77.1 cm³/mol. The lowest BCUT2D eigenvalue weighted by Gasteiger charge is -2.24. The number of benzene rings is 1. The molecule has 4 heteroatoms. The highest BCUT2D eigenvalue weighted by Gasteiger charge is 2.27. The van der Waals surface area contributed by atoms with Gasteiger partial charge in [-0.25, -0.2) is 0 Å². The summed E-state index contributed by atoms with van der Waals surface area (Å²) in [6, 6.07) is 7.65. The lowest BCUT2D eigenvalue weighted by molar-refractivity contribution is -0.126. The third-order valence-electron chi connectivity index (χ3n) is 3.29. The standard InChI is InChI=1S/C15H24N2O2/c1-5-15(4,16)14(18)17-11(3)12-7-9-13(10-8-12)19-6-2/h7-11H,5-6,16H2,1-4H3,(H,17,18). The second-order valence-electron chi connectivity index (χ2n) is 4.97. The van der Waals surface area contributed by atoms with E-state index >= 15 is 0 Å². The van der Waals surface area contributed by atoms with Gasteiger partial charge in [0.25, 0.3) is 0 Å². The Hall–Kier alpha value is -1.55. The molecule has 0 spiro atoms. The molecule has 0 aliphatic heterocycles. The topological polar surface area (TPSA) is 64.3 Å². The minimum absolute atomic E-state index is 0.0717. The fraction of sp³-hybridized carbons (Fsp3) is 0.533. The van der Waals surface area contributed by atoms with E-state index in [-0.39, 0.29) is 11.9 Å². The summed E-state index contributed by atoms with van der Waals surface area (Å²) in [7, 11) is 0. The maximum atomic E-state index is 12.0. The van der Waals surface area contributed by atoms with E-state index in [1.807, 2.05) is 45.0 Å². The predicted octanol–water partition coefficient (Wildman–Crippen LogP) is 2.39. The Bertz CT molecular complexity index is 413. The number of hydrogen-bond donors (Lipinski definition) is 2. The van der Waals surface area contributed by atoms with Gasteiger partial charge < -0.3 is 15.8 Å². The van der Waals surface area contributed by atoms with Crippen LogP contribution in [0.25, 0.3) is 0 Å². The Labute approximate surface area is 115 Å². The zero-order chi connectivity index (χ0) is 14.5. The Balaban J connectivity index is 2.68. The second-order valence-corrected chi connectivity index (χ2v) is 4.97. The Morgan fingerprint density at radius 3 is 2.42 bits per heavy atom. The van der Waals surface area contributed by atoms with Crippen molar-refractivity contribution in [2.24, 2.45) is 5.73 Å². The summed E-state index contributed by atoms with van der Waals surface area (Å²) in [6.07, 6.45) is 0.606. The van der Waals surface area contributed by atoms with Gasteiger partial charge in [-0.3, -0.25) is 4.79 Å². The van der Waals surface area contributed by atoms with Gasteiger partial charge in [-0.15, -0.1) is 0 Å². The van der Waals surface area contributed by atoms with Crippen LogP contribution in [0.1, 0.15) is 45.7 Å². The van der Waals surface area contributed by atoms with Crippen LogP contribution >= 0.6 is 0 Å². The van der Waals surface area contributed by atoms with E-state index in [1.165, 1.54) is 0 Å². The first kappa shape index (κ1) is 15.5. The van der Waals surface area contributed by atoms with Crippen LogP contribution in [0.4, 0.5) is 0 Å². The van der Waals surface area contributed by atoms with E-state index in [2.05, 4.69) is 5.32 Å². The van der Waals surface area contributed by atoms with Crippen molar-refractivity contribution in [1.29, 1.82) is 0 Å². The van der Waals surface area contributed by atoms with Crippen molar-refractivity contribution in [3.05, 3.63) is 29.8 Å². The van der Waals surface area contributed by atoms with Crippen LogP contribution in [0, 0.1) is 0 Å². The summed E-state index contributed by atoms with van der Waals surface area (Å²) in [5.41, 5.74) is 6.13. The van der Waals surface area contributed by atoms with Gasteiger partial charge in [0.2, 0.25) is 5.91 Å². The number of hydrogen-bond acceptors (Lipinski definition) is 3. The molecule has 1 aromatic carbocycles. The molecule has 0 heterocycles. The van der Waals surface area contributed by atoms with E-state index in [4.69, 9.17) is 10.5 Å². The molecule has 0 aliphatic carbocycles. The van der Waals surface area contributed by atoms with Gasteiger partial charge in [0.15, 0.2) is 0 Å². The summed E-state index contributed by atoms with van der Waals surface area (Å²) in [6.45, 7) is 8.19. The van der Waals surface area contributed by atoms with Gasteiger partial charge in [0.1, 0.15) is 5.75 Å². The molecular formula is C15H24N2O2. The van der Waals surface area contributed by atoms with Crippen LogP contribution in [0.5, 0.6) is 5.75 Å². The largest absolute Gasteiger partial charge is 0.494 e. The van der Waals surface area contributed by atoms with Gasteiger partial charge in [0.05, 0.1) is 18.2 Å². The molecule has 0 fully saturated rings. The lowest BCUT2D eigenvalue weighted by Crippen LogP contribution is -2.51. The SMILES string of the molecule is CCOc1ccc(C(C)NC(=O)C(C)(N)CC)cc1. The number of nitrogens with two attached hydrogens (primary N) is 1. The molecule has 1 rings (SSSR count). The number of carbonyl (C=O) groups excluding carboxylic acids is 1. The molecule has 106 valence electrons. The van der Waals surface area contributed by atoms with E-state index < -0.39 is 5.54 Å². The minimum atomic E-state index is -0.820. The molecule has 0 radical (unpaired) electrons. The van der Waals surface area contributed by atoms with Gasteiger partial charge in [-0.1, -0.05) is 19.1 Å².